The van der Waals surface area contributed by atoms with Crippen LogP contribution in [-0.2, 0) is 9.59 Å². The van der Waals surface area contributed by atoms with Gasteiger partial charge in [0, 0.05) is 12.8 Å². The zero-order valence-corrected chi connectivity index (χ0v) is 16.8. The largest absolute Gasteiger partial charge is 0.494 e. The fourth-order valence-electron chi connectivity index (χ4n) is 2.48. The Morgan fingerprint density at radius 2 is 1.42 bits per heavy atom. The van der Waals surface area contributed by atoms with Crippen LogP contribution in [0.25, 0.3) is 0 Å². The molecular formula is C21H34N2O3. The highest BCUT2D eigenvalue weighted by Crippen LogP contribution is 2.18. The SMILES string of the molecule is CCCCOc1ccc(C(NC(=O)CC(C)C)NC(=O)CC(C)C)cc1. The van der Waals surface area contributed by atoms with E-state index in [1.807, 2.05) is 52.0 Å². The molecule has 5 nitrogen and oxygen atoms in total. The maximum Gasteiger partial charge on any atom is 0.222 e. The van der Waals surface area contributed by atoms with Crippen molar-refractivity contribution in [3.8, 4) is 5.75 Å². The van der Waals surface area contributed by atoms with Gasteiger partial charge in [0.2, 0.25) is 11.8 Å². The first-order valence-electron chi connectivity index (χ1n) is 9.63. The summed E-state index contributed by atoms with van der Waals surface area (Å²) in [5, 5.41) is 5.86. The first kappa shape index (κ1) is 22.0. The Bertz CT molecular complexity index is 529. The summed E-state index contributed by atoms with van der Waals surface area (Å²) in [5.41, 5.74) is 0.835. The minimum atomic E-state index is -0.530. The van der Waals surface area contributed by atoms with Crippen LogP contribution < -0.4 is 15.4 Å². The minimum absolute atomic E-state index is 0.0712. The monoisotopic (exact) mass is 362 g/mol. The number of hydrogen-bond acceptors (Lipinski definition) is 3. The number of rotatable bonds is 11. The van der Waals surface area contributed by atoms with Gasteiger partial charge in [0.05, 0.1) is 6.61 Å². The average molecular weight is 363 g/mol. The Balaban J connectivity index is 2.81. The molecule has 2 N–H and O–H groups in total. The van der Waals surface area contributed by atoms with E-state index in [1.54, 1.807) is 0 Å². The van der Waals surface area contributed by atoms with Crippen LogP contribution in [0.2, 0.25) is 0 Å². The lowest BCUT2D eigenvalue weighted by Crippen LogP contribution is -2.41. The van der Waals surface area contributed by atoms with E-state index in [4.69, 9.17) is 4.74 Å². The van der Waals surface area contributed by atoms with Crippen molar-refractivity contribution in [2.24, 2.45) is 11.8 Å². The average Bonchev–Trinajstić information content (AvgIpc) is 2.53. The Hall–Kier alpha value is -2.04. The second kappa shape index (κ2) is 11.6. The van der Waals surface area contributed by atoms with E-state index < -0.39 is 6.17 Å². The molecule has 0 aliphatic rings. The van der Waals surface area contributed by atoms with Crippen LogP contribution in [0, 0.1) is 11.8 Å². The second-order valence-electron chi connectivity index (χ2n) is 7.54. The van der Waals surface area contributed by atoms with E-state index in [0.717, 1.165) is 24.2 Å². The second-order valence-corrected chi connectivity index (χ2v) is 7.54. The highest BCUT2D eigenvalue weighted by atomic mass is 16.5. The van der Waals surface area contributed by atoms with Gasteiger partial charge in [-0.25, -0.2) is 0 Å². The minimum Gasteiger partial charge on any atom is -0.494 e. The third-order valence-corrected chi connectivity index (χ3v) is 3.78. The fraction of sp³-hybridized carbons (Fsp3) is 0.619. The molecule has 0 saturated carbocycles. The van der Waals surface area contributed by atoms with Gasteiger partial charge < -0.3 is 15.4 Å². The molecule has 0 spiro atoms. The van der Waals surface area contributed by atoms with Gasteiger partial charge in [0.15, 0.2) is 0 Å². The summed E-state index contributed by atoms with van der Waals surface area (Å²) in [4.78, 5) is 24.4. The predicted octanol–water partition coefficient (Wildman–Crippen LogP) is 4.19. The zero-order chi connectivity index (χ0) is 19.5. The molecule has 146 valence electrons. The van der Waals surface area contributed by atoms with E-state index >= 15 is 0 Å². The molecule has 26 heavy (non-hydrogen) atoms. The van der Waals surface area contributed by atoms with Crippen LogP contribution in [0.5, 0.6) is 5.75 Å². The number of ether oxygens (including phenoxy) is 1. The number of nitrogens with one attached hydrogen (secondary N) is 2. The summed E-state index contributed by atoms with van der Waals surface area (Å²) < 4.78 is 5.67. The van der Waals surface area contributed by atoms with Crippen LogP contribution in [0.4, 0.5) is 0 Å². The fourth-order valence-corrected chi connectivity index (χ4v) is 2.48. The third-order valence-electron chi connectivity index (χ3n) is 3.78. The maximum atomic E-state index is 12.2. The molecule has 1 aromatic carbocycles. The van der Waals surface area contributed by atoms with Gasteiger partial charge in [-0.05, 0) is 36.0 Å². The Morgan fingerprint density at radius 3 is 1.85 bits per heavy atom. The van der Waals surface area contributed by atoms with Crippen molar-refractivity contribution in [1.82, 2.24) is 10.6 Å². The van der Waals surface area contributed by atoms with E-state index in [1.165, 1.54) is 0 Å². The van der Waals surface area contributed by atoms with Gasteiger partial charge in [-0.1, -0.05) is 53.2 Å². The van der Waals surface area contributed by atoms with Gasteiger partial charge in [-0.2, -0.15) is 0 Å². The molecule has 2 amide bonds. The topological polar surface area (TPSA) is 67.4 Å². The van der Waals surface area contributed by atoms with Crippen LogP contribution >= 0.6 is 0 Å². The Kier molecular flexibility index (Phi) is 9.78. The Labute approximate surface area is 157 Å². The van der Waals surface area contributed by atoms with Crippen molar-refractivity contribution in [2.45, 2.75) is 66.5 Å². The summed E-state index contributed by atoms with van der Waals surface area (Å²) in [5.74, 6) is 1.17. The van der Waals surface area contributed by atoms with Gasteiger partial charge in [-0.3, -0.25) is 9.59 Å². The molecule has 0 aliphatic heterocycles. The van der Waals surface area contributed by atoms with Crippen LogP contribution in [0.15, 0.2) is 24.3 Å². The third kappa shape index (κ3) is 8.88. The maximum absolute atomic E-state index is 12.2. The van der Waals surface area contributed by atoms with Gasteiger partial charge in [0.1, 0.15) is 11.9 Å². The van der Waals surface area contributed by atoms with Gasteiger partial charge in [-0.15, -0.1) is 0 Å². The molecular weight excluding hydrogens is 328 g/mol. The first-order chi connectivity index (χ1) is 12.3. The summed E-state index contributed by atoms with van der Waals surface area (Å²) in [6.07, 6.45) is 2.42. The van der Waals surface area contributed by atoms with Crippen molar-refractivity contribution in [3.05, 3.63) is 29.8 Å². The highest BCUT2D eigenvalue weighted by Gasteiger charge is 2.18. The lowest BCUT2D eigenvalue weighted by atomic mass is 10.1. The van der Waals surface area contributed by atoms with Crippen molar-refractivity contribution in [3.63, 3.8) is 0 Å². The van der Waals surface area contributed by atoms with E-state index in [2.05, 4.69) is 17.6 Å². The smallest absolute Gasteiger partial charge is 0.222 e. The predicted molar refractivity (Wildman–Crippen MR) is 105 cm³/mol. The van der Waals surface area contributed by atoms with Crippen molar-refractivity contribution in [2.75, 3.05) is 6.61 Å². The number of carbonyl (C=O) groups excluding carboxylic acids is 2. The Morgan fingerprint density at radius 1 is 0.923 bits per heavy atom. The van der Waals surface area contributed by atoms with E-state index in [0.29, 0.717) is 19.4 Å². The number of benzene rings is 1. The normalized spacial score (nSPS) is 11.1. The van der Waals surface area contributed by atoms with E-state index in [-0.39, 0.29) is 23.7 Å². The summed E-state index contributed by atoms with van der Waals surface area (Å²) in [7, 11) is 0. The summed E-state index contributed by atoms with van der Waals surface area (Å²) in [6, 6.07) is 7.52. The molecule has 0 bridgehead atoms. The molecule has 0 atom stereocenters. The molecule has 0 heterocycles. The lowest BCUT2D eigenvalue weighted by molar-refractivity contribution is -0.125. The molecule has 5 heteroatoms. The standard InChI is InChI=1S/C21H34N2O3/c1-6-7-12-26-18-10-8-17(9-11-18)21(22-19(24)13-15(2)3)23-20(25)14-16(4)5/h8-11,15-16,21H,6-7,12-14H2,1-5H3,(H,22,24)(H,23,25). The van der Waals surface area contributed by atoms with Crippen LogP contribution in [0.3, 0.4) is 0 Å². The lowest BCUT2D eigenvalue weighted by Gasteiger charge is -2.22. The number of hydrogen-bond donors (Lipinski definition) is 2. The highest BCUT2D eigenvalue weighted by molar-refractivity contribution is 5.79. The van der Waals surface area contributed by atoms with Crippen molar-refractivity contribution < 1.29 is 14.3 Å². The number of carbonyl (C=O) groups is 2. The van der Waals surface area contributed by atoms with Crippen molar-refractivity contribution in [1.29, 1.82) is 0 Å². The van der Waals surface area contributed by atoms with Gasteiger partial charge >= 0.3 is 0 Å². The quantitative estimate of drug-likeness (QED) is 0.458. The van der Waals surface area contributed by atoms with Crippen molar-refractivity contribution >= 4 is 11.8 Å². The molecule has 0 aromatic heterocycles. The van der Waals surface area contributed by atoms with Crippen LogP contribution in [0.1, 0.15) is 72.0 Å². The summed E-state index contributed by atoms with van der Waals surface area (Å²) in [6.45, 7) is 10.8. The first-order valence-corrected chi connectivity index (χ1v) is 9.63. The molecule has 0 unspecified atom stereocenters. The molecule has 1 aromatic rings. The molecule has 0 radical (unpaired) electrons. The molecule has 0 fully saturated rings. The van der Waals surface area contributed by atoms with Gasteiger partial charge in [0.25, 0.3) is 0 Å². The molecule has 0 aliphatic carbocycles. The zero-order valence-electron chi connectivity index (χ0n) is 16.8. The number of unbranched alkanes of at least 4 members (excludes halogenated alkanes) is 1. The number of amides is 2. The van der Waals surface area contributed by atoms with Crippen LogP contribution in [-0.4, -0.2) is 18.4 Å². The molecule has 0 saturated heterocycles. The van der Waals surface area contributed by atoms with E-state index in [9.17, 15) is 9.59 Å². The summed E-state index contributed by atoms with van der Waals surface area (Å²) >= 11 is 0. The molecule has 1 rings (SSSR count).